The summed E-state index contributed by atoms with van der Waals surface area (Å²) in [6, 6.07) is 8.52. The molecule has 0 saturated carbocycles. The molecule has 0 atom stereocenters. The van der Waals surface area contributed by atoms with Gasteiger partial charge in [-0.2, -0.15) is 0 Å². The first-order valence-electron chi connectivity index (χ1n) is 9.25. The molecule has 1 heterocycles. The lowest BCUT2D eigenvalue weighted by Crippen LogP contribution is -2.49. The average molecular weight is 348 g/mol. The van der Waals surface area contributed by atoms with Gasteiger partial charge in [-0.05, 0) is 45.0 Å². The number of anilines is 2. The first kappa shape index (κ1) is 19.7. The largest absolute Gasteiger partial charge is 0.395 e. The first-order chi connectivity index (χ1) is 12.0. The summed E-state index contributed by atoms with van der Waals surface area (Å²) in [6.45, 7) is 12.4. The highest BCUT2D eigenvalue weighted by atomic mass is 16.3. The van der Waals surface area contributed by atoms with E-state index in [9.17, 15) is 4.79 Å². The van der Waals surface area contributed by atoms with E-state index in [-0.39, 0.29) is 12.5 Å². The van der Waals surface area contributed by atoms with Crippen LogP contribution in [-0.2, 0) is 4.79 Å². The molecule has 1 aromatic rings. The van der Waals surface area contributed by atoms with Gasteiger partial charge in [0, 0.05) is 56.7 Å². The molecule has 0 bridgehead atoms. The highest BCUT2D eigenvalue weighted by Crippen LogP contribution is 2.19. The number of aliphatic hydroxyl groups excluding tert-OH is 1. The zero-order valence-electron chi connectivity index (χ0n) is 15.7. The van der Waals surface area contributed by atoms with Crippen LogP contribution < -0.4 is 10.2 Å². The molecule has 0 spiro atoms. The van der Waals surface area contributed by atoms with Gasteiger partial charge in [0.1, 0.15) is 0 Å². The Labute approximate surface area is 151 Å². The Morgan fingerprint density at radius 3 is 2.28 bits per heavy atom. The van der Waals surface area contributed by atoms with Crippen LogP contribution in [0.15, 0.2) is 24.3 Å². The molecule has 0 radical (unpaired) electrons. The Morgan fingerprint density at radius 1 is 1.16 bits per heavy atom. The Kier molecular flexibility index (Phi) is 7.68. The van der Waals surface area contributed by atoms with E-state index < -0.39 is 0 Å². The van der Waals surface area contributed by atoms with Gasteiger partial charge in [-0.1, -0.05) is 0 Å². The Morgan fingerprint density at radius 2 is 1.76 bits per heavy atom. The minimum Gasteiger partial charge on any atom is -0.395 e. The number of benzene rings is 1. The molecule has 25 heavy (non-hydrogen) atoms. The van der Waals surface area contributed by atoms with E-state index in [2.05, 4.69) is 52.9 Å². The first-order valence-corrected chi connectivity index (χ1v) is 9.25. The van der Waals surface area contributed by atoms with Crippen molar-refractivity contribution in [2.24, 2.45) is 0 Å². The molecule has 6 nitrogen and oxygen atoms in total. The lowest BCUT2D eigenvalue weighted by atomic mass is 10.2. The highest BCUT2D eigenvalue weighted by Gasteiger charge is 2.18. The zero-order valence-corrected chi connectivity index (χ0v) is 15.7. The molecule has 1 saturated heterocycles. The predicted molar refractivity (Wildman–Crippen MR) is 103 cm³/mol. The van der Waals surface area contributed by atoms with Crippen molar-refractivity contribution in [3.8, 4) is 0 Å². The van der Waals surface area contributed by atoms with E-state index in [1.54, 1.807) is 0 Å². The van der Waals surface area contributed by atoms with Gasteiger partial charge in [0.05, 0.1) is 13.2 Å². The fourth-order valence-corrected chi connectivity index (χ4v) is 3.30. The SMILES string of the molecule is CCN(c1ccc(NC(=O)CN2CCN(CCO)CC2)cc1)C(C)C. The second-order valence-corrected chi connectivity index (χ2v) is 6.82. The summed E-state index contributed by atoms with van der Waals surface area (Å²) < 4.78 is 0. The summed E-state index contributed by atoms with van der Waals surface area (Å²) in [5.41, 5.74) is 2.02. The number of nitrogens with zero attached hydrogens (tertiary/aromatic N) is 3. The molecule has 2 N–H and O–H groups in total. The Balaban J connectivity index is 1.81. The highest BCUT2D eigenvalue weighted by molar-refractivity contribution is 5.92. The minimum atomic E-state index is 0.0274. The number of carbonyl (C=O) groups excluding carboxylic acids is 1. The van der Waals surface area contributed by atoms with Crippen LogP contribution in [0.4, 0.5) is 11.4 Å². The van der Waals surface area contributed by atoms with Crippen LogP contribution in [0.3, 0.4) is 0 Å². The number of hydrogen-bond donors (Lipinski definition) is 2. The van der Waals surface area contributed by atoms with Crippen LogP contribution in [-0.4, -0.2) is 79.3 Å². The van der Waals surface area contributed by atoms with E-state index in [0.29, 0.717) is 12.6 Å². The van der Waals surface area contributed by atoms with Crippen molar-refractivity contribution in [3.63, 3.8) is 0 Å². The zero-order chi connectivity index (χ0) is 18.2. The van der Waals surface area contributed by atoms with Crippen molar-refractivity contribution < 1.29 is 9.90 Å². The molecule has 1 aliphatic rings. The van der Waals surface area contributed by atoms with Crippen molar-refractivity contribution in [2.75, 3.05) is 62.6 Å². The van der Waals surface area contributed by atoms with Crippen LogP contribution in [0, 0.1) is 0 Å². The smallest absolute Gasteiger partial charge is 0.238 e. The maximum Gasteiger partial charge on any atom is 0.238 e. The number of piperazine rings is 1. The summed E-state index contributed by atoms with van der Waals surface area (Å²) >= 11 is 0. The van der Waals surface area contributed by atoms with Gasteiger partial charge in [-0.15, -0.1) is 0 Å². The number of β-amino-alcohol motifs (C(OH)–C–C–N with tert-alkyl or cyclic N) is 1. The van der Waals surface area contributed by atoms with Crippen molar-refractivity contribution >= 4 is 17.3 Å². The summed E-state index contributed by atoms with van der Waals surface area (Å²) in [5, 5.41) is 12.0. The summed E-state index contributed by atoms with van der Waals surface area (Å²) in [5.74, 6) is 0.0274. The molecule has 6 heteroatoms. The second kappa shape index (κ2) is 9.75. The molecule has 0 unspecified atom stereocenters. The van der Waals surface area contributed by atoms with Crippen LogP contribution in [0.5, 0.6) is 0 Å². The number of aliphatic hydroxyl groups is 1. The van der Waals surface area contributed by atoms with Gasteiger partial charge >= 0.3 is 0 Å². The van der Waals surface area contributed by atoms with Crippen molar-refractivity contribution in [1.82, 2.24) is 9.80 Å². The second-order valence-electron chi connectivity index (χ2n) is 6.82. The maximum atomic E-state index is 12.3. The Hall–Kier alpha value is -1.63. The fourth-order valence-electron chi connectivity index (χ4n) is 3.30. The van der Waals surface area contributed by atoms with E-state index >= 15 is 0 Å². The van der Waals surface area contributed by atoms with E-state index in [0.717, 1.165) is 45.0 Å². The van der Waals surface area contributed by atoms with Crippen LogP contribution in [0.25, 0.3) is 0 Å². The van der Waals surface area contributed by atoms with Crippen LogP contribution >= 0.6 is 0 Å². The van der Waals surface area contributed by atoms with Crippen molar-refractivity contribution in [2.45, 2.75) is 26.8 Å². The average Bonchev–Trinajstić information content (AvgIpc) is 2.59. The van der Waals surface area contributed by atoms with Crippen LogP contribution in [0.2, 0.25) is 0 Å². The molecule has 1 fully saturated rings. The molecule has 1 aromatic carbocycles. The number of nitrogens with one attached hydrogen (secondary N) is 1. The molecular formula is C19H32N4O2. The Bertz CT molecular complexity index is 525. The third-order valence-electron chi connectivity index (χ3n) is 4.70. The van der Waals surface area contributed by atoms with E-state index in [1.165, 1.54) is 5.69 Å². The lowest BCUT2D eigenvalue weighted by molar-refractivity contribution is -0.117. The lowest BCUT2D eigenvalue weighted by Gasteiger charge is -2.33. The number of hydrogen-bond acceptors (Lipinski definition) is 5. The predicted octanol–water partition coefficient (Wildman–Crippen LogP) is 1.47. The quantitative estimate of drug-likeness (QED) is 0.745. The van der Waals surface area contributed by atoms with Crippen LogP contribution in [0.1, 0.15) is 20.8 Å². The standard InChI is InChI=1S/C19H32N4O2/c1-4-23(16(2)3)18-7-5-17(6-8-18)20-19(25)15-22-11-9-21(10-12-22)13-14-24/h5-8,16,24H,4,9-15H2,1-3H3,(H,20,25). The van der Waals surface area contributed by atoms with Gasteiger partial charge < -0.3 is 15.3 Å². The summed E-state index contributed by atoms with van der Waals surface area (Å²) in [4.78, 5) is 19.0. The normalized spacial score (nSPS) is 16.2. The maximum absolute atomic E-state index is 12.3. The molecule has 1 aliphatic heterocycles. The van der Waals surface area contributed by atoms with Gasteiger partial charge in [-0.25, -0.2) is 0 Å². The van der Waals surface area contributed by atoms with Crippen molar-refractivity contribution in [3.05, 3.63) is 24.3 Å². The van der Waals surface area contributed by atoms with Gasteiger partial charge in [0.2, 0.25) is 5.91 Å². The van der Waals surface area contributed by atoms with Gasteiger partial charge in [0.25, 0.3) is 0 Å². The third-order valence-corrected chi connectivity index (χ3v) is 4.70. The molecular weight excluding hydrogens is 316 g/mol. The molecule has 1 amide bonds. The minimum absolute atomic E-state index is 0.0274. The molecule has 2 rings (SSSR count). The molecule has 140 valence electrons. The summed E-state index contributed by atoms with van der Waals surface area (Å²) in [6.07, 6.45) is 0. The van der Waals surface area contributed by atoms with Crippen molar-refractivity contribution in [1.29, 1.82) is 0 Å². The van der Waals surface area contributed by atoms with E-state index in [4.69, 9.17) is 5.11 Å². The summed E-state index contributed by atoms with van der Waals surface area (Å²) in [7, 11) is 0. The number of carbonyl (C=O) groups is 1. The topological polar surface area (TPSA) is 59.1 Å². The number of rotatable bonds is 8. The molecule has 0 aromatic heterocycles. The van der Waals surface area contributed by atoms with Gasteiger partial charge in [0.15, 0.2) is 0 Å². The van der Waals surface area contributed by atoms with Gasteiger partial charge in [-0.3, -0.25) is 14.6 Å². The molecule has 0 aliphatic carbocycles. The fraction of sp³-hybridized carbons (Fsp3) is 0.632. The van der Waals surface area contributed by atoms with E-state index in [1.807, 2.05) is 12.1 Å². The monoisotopic (exact) mass is 348 g/mol. The number of amides is 1. The third kappa shape index (κ3) is 5.99.